The second kappa shape index (κ2) is 9.09. The number of phenolic OH excluding ortho intramolecular Hbond substituents is 1. The summed E-state index contributed by atoms with van der Waals surface area (Å²) in [6.07, 6.45) is -2.34. The first-order valence-electron chi connectivity index (χ1n) is 12.9. The van der Waals surface area contributed by atoms with E-state index in [0.29, 0.717) is 11.8 Å². The molecule has 0 aromatic heterocycles. The number of carbonyl (C=O) groups is 2. The molecule has 6 rings (SSSR count). The smallest absolute Gasteiger partial charge is 0.195 e. The van der Waals surface area contributed by atoms with Crippen LogP contribution in [0.4, 0.5) is 0 Å². The first kappa shape index (κ1) is 25.9. The number of fused-ring (bicyclic) bond motifs is 4. The number of benzene rings is 2. The highest BCUT2D eigenvalue weighted by Gasteiger charge is 2.43. The summed E-state index contributed by atoms with van der Waals surface area (Å²) in [5.41, 5.74) is 1.90. The summed E-state index contributed by atoms with van der Waals surface area (Å²) in [6, 6.07) is 3.12. The van der Waals surface area contributed by atoms with Gasteiger partial charge in [-0.05, 0) is 18.6 Å². The minimum atomic E-state index is -1.30. The molecule has 0 saturated carbocycles. The number of aromatic hydroxyl groups is 1. The predicted octanol–water partition coefficient (Wildman–Crippen LogP) is 3.10. The molecular formula is C29H28ClNO8. The van der Waals surface area contributed by atoms with Crippen LogP contribution in [-0.4, -0.2) is 75.9 Å². The highest BCUT2D eigenvalue weighted by molar-refractivity contribution is 6.42. The van der Waals surface area contributed by atoms with E-state index in [9.17, 15) is 30.0 Å². The maximum atomic E-state index is 14.0. The van der Waals surface area contributed by atoms with Crippen molar-refractivity contribution in [2.45, 2.75) is 50.9 Å². The third-order valence-corrected chi connectivity index (χ3v) is 8.54. The molecule has 3 unspecified atom stereocenters. The summed E-state index contributed by atoms with van der Waals surface area (Å²) in [5.74, 6) is -0.642. The fourth-order valence-electron chi connectivity index (χ4n) is 6.24. The van der Waals surface area contributed by atoms with Crippen molar-refractivity contribution in [3.05, 3.63) is 62.0 Å². The van der Waals surface area contributed by atoms with E-state index in [2.05, 4.69) is 0 Å². The predicted molar refractivity (Wildman–Crippen MR) is 142 cm³/mol. The SMILES string of the molecule is CCCC1=C(Cl)C2=C(CN1C)C(=O)c1c(ccc3c(OC)c4c(c(O)c13)CC1=C(O4)C(O)CC(O)C1O)C2=O. The van der Waals surface area contributed by atoms with Crippen LogP contribution in [0.15, 0.2) is 45.3 Å². The number of Topliss-reactive ketones (excluding diaryl/α,β-unsaturated/α-hetero) is 2. The Morgan fingerprint density at radius 3 is 2.62 bits per heavy atom. The quantitative estimate of drug-likeness (QED) is 0.452. The van der Waals surface area contributed by atoms with Crippen LogP contribution in [0.3, 0.4) is 0 Å². The average Bonchev–Trinajstić information content (AvgIpc) is 2.91. The van der Waals surface area contributed by atoms with Gasteiger partial charge in [-0.1, -0.05) is 24.9 Å². The van der Waals surface area contributed by atoms with Crippen molar-refractivity contribution < 1.29 is 39.5 Å². The number of hydrogen-bond donors (Lipinski definition) is 4. The molecule has 0 spiro atoms. The van der Waals surface area contributed by atoms with Crippen LogP contribution in [-0.2, 0) is 6.42 Å². The number of aliphatic hydroxyl groups excluding tert-OH is 3. The summed E-state index contributed by atoms with van der Waals surface area (Å²) in [5, 5.41) is 43.7. The Morgan fingerprint density at radius 2 is 1.92 bits per heavy atom. The van der Waals surface area contributed by atoms with Crippen LogP contribution in [0.1, 0.15) is 52.5 Å². The normalized spacial score (nSPS) is 24.5. The first-order chi connectivity index (χ1) is 18.6. The lowest BCUT2D eigenvalue weighted by molar-refractivity contribution is -0.0165. The van der Waals surface area contributed by atoms with Gasteiger partial charge in [-0.3, -0.25) is 9.59 Å². The average molecular weight is 554 g/mol. The molecule has 0 bridgehead atoms. The van der Waals surface area contributed by atoms with E-state index in [1.54, 1.807) is 6.07 Å². The van der Waals surface area contributed by atoms with E-state index in [0.717, 1.165) is 12.1 Å². The number of aliphatic hydroxyl groups is 3. The Bertz CT molecular complexity index is 1590. The molecule has 4 aliphatic rings. The molecule has 0 amide bonds. The monoisotopic (exact) mass is 553 g/mol. The highest BCUT2D eigenvalue weighted by atomic mass is 35.5. The van der Waals surface area contributed by atoms with Crippen molar-refractivity contribution in [3.8, 4) is 17.2 Å². The van der Waals surface area contributed by atoms with Gasteiger partial charge in [0.25, 0.3) is 0 Å². The standard InChI is InChI=1S/C29H28ClNO8/c1-4-5-16-22(30)21-15(10-31(16)2)26(37)19-11(24(21)35)6-7-12-20(19)25(36)14-8-13-23(34)17(32)9-18(33)27(13)39-29(14)28(12)38-3/h6-7,17-18,23,32-34,36H,4-5,8-10H2,1-3H3. The number of allylic oxidation sites excluding steroid dienone is 3. The number of ketones is 2. The molecule has 204 valence electrons. The molecule has 4 N–H and O–H groups in total. The maximum absolute atomic E-state index is 14.0. The topological polar surface area (TPSA) is 137 Å². The van der Waals surface area contributed by atoms with Gasteiger partial charge in [0.15, 0.2) is 23.1 Å². The number of carbonyl (C=O) groups excluding carboxylic acids is 2. The molecule has 2 aromatic rings. The van der Waals surface area contributed by atoms with Gasteiger partial charge < -0.3 is 34.8 Å². The van der Waals surface area contributed by atoms with Crippen molar-refractivity contribution in [2.75, 3.05) is 20.7 Å². The molecule has 2 aromatic carbocycles. The summed E-state index contributed by atoms with van der Waals surface area (Å²) in [7, 11) is 3.24. The van der Waals surface area contributed by atoms with Crippen LogP contribution in [0, 0.1) is 0 Å². The fraction of sp³-hybridized carbons (Fsp3) is 0.379. The lowest BCUT2D eigenvalue weighted by atomic mass is 9.78. The van der Waals surface area contributed by atoms with Crippen LogP contribution in [0.2, 0.25) is 0 Å². The van der Waals surface area contributed by atoms with Crippen LogP contribution in [0.5, 0.6) is 17.2 Å². The van der Waals surface area contributed by atoms with Gasteiger partial charge in [-0.2, -0.15) is 0 Å². The van der Waals surface area contributed by atoms with Gasteiger partial charge in [-0.15, -0.1) is 0 Å². The zero-order valence-corrected chi connectivity index (χ0v) is 22.4. The van der Waals surface area contributed by atoms with Gasteiger partial charge in [-0.25, -0.2) is 0 Å². The molecule has 0 radical (unpaired) electrons. The van der Waals surface area contributed by atoms with Gasteiger partial charge in [0, 0.05) is 70.7 Å². The molecule has 3 atom stereocenters. The summed E-state index contributed by atoms with van der Waals surface area (Å²) < 4.78 is 11.7. The molecule has 9 nitrogen and oxygen atoms in total. The minimum Gasteiger partial charge on any atom is -0.507 e. The number of nitrogens with zero attached hydrogens (tertiary/aromatic N) is 1. The summed E-state index contributed by atoms with van der Waals surface area (Å²) in [6.45, 7) is 2.21. The zero-order chi connectivity index (χ0) is 27.9. The number of halogens is 1. The molecule has 2 aliphatic heterocycles. The second-order valence-corrected chi connectivity index (χ2v) is 10.8. The Kier molecular flexibility index (Phi) is 6.03. The van der Waals surface area contributed by atoms with E-state index < -0.39 is 24.1 Å². The van der Waals surface area contributed by atoms with E-state index in [1.165, 1.54) is 13.2 Å². The van der Waals surface area contributed by atoms with Gasteiger partial charge in [0.2, 0.25) is 0 Å². The molecule has 10 heteroatoms. The fourth-order valence-corrected chi connectivity index (χ4v) is 6.68. The van der Waals surface area contributed by atoms with Crippen molar-refractivity contribution >= 4 is 33.9 Å². The Labute approximate surface area is 229 Å². The number of methoxy groups -OCH3 is 1. The van der Waals surface area contributed by atoms with E-state index in [4.69, 9.17) is 21.1 Å². The Balaban J connectivity index is 1.59. The van der Waals surface area contributed by atoms with Crippen molar-refractivity contribution in [1.29, 1.82) is 0 Å². The van der Waals surface area contributed by atoms with Gasteiger partial charge in [0.05, 0.1) is 23.8 Å². The van der Waals surface area contributed by atoms with Crippen LogP contribution < -0.4 is 9.47 Å². The van der Waals surface area contributed by atoms with Crippen molar-refractivity contribution in [2.24, 2.45) is 0 Å². The van der Waals surface area contributed by atoms with Crippen LogP contribution >= 0.6 is 11.6 Å². The van der Waals surface area contributed by atoms with Crippen molar-refractivity contribution in [3.63, 3.8) is 0 Å². The van der Waals surface area contributed by atoms with E-state index >= 15 is 0 Å². The van der Waals surface area contributed by atoms with E-state index in [1.807, 2.05) is 18.9 Å². The summed E-state index contributed by atoms with van der Waals surface area (Å²) in [4.78, 5) is 29.7. The molecule has 2 aliphatic carbocycles. The van der Waals surface area contributed by atoms with Gasteiger partial charge in [0.1, 0.15) is 23.7 Å². The Morgan fingerprint density at radius 1 is 1.18 bits per heavy atom. The lowest BCUT2D eigenvalue weighted by Crippen LogP contribution is -2.42. The number of hydrogen-bond acceptors (Lipinski definition) is 9. The molecule has 0 fully saturated rings. The number of likely N-dealkylation sites (N-methyl/N-ethyl adjacent to an activating group) is 1. The second-order valence-electron chi connectivity index (χ2n) is 10.4. The van der Waals surface area contributed by atoms with Crippen LogP contribution in [0.25, 0.3) is 10.8 Å². The number of ether oxygens (including phenoxy) is 2. The maximum Gasteiger partial charge on any atom is 0.195 e. The van der Waals surface area contributed by atoms with Gasteiger partial charge >= 0.3 is 0 Å². The first-order valence-corrected chi connectivity index (χ1v) is 13.2. The van der Waals surface area contributed by atoms with E-state index in [-0.39, 0.29) is 92.0 Å². The Hall–Kier alpha value is -3.37. The molecule has 39 heavy (non-hydrogen) atoms. The molecule has 2 heterocycles. The van der Waals surface area contributed by atoms with Crippen molar-refractivity contribution in [1.82, 2.24) is 4.90 Å². The number of phenols is 1. The lowest BCUT2D eigenvalue weighted by Gasteiger charge is -2.36. The summed E-state index contributed by atoms with van der Waals surface area (Å²) >= 11 is 6.70. The largest absolute Gasteiger partial charge is 0.507 e. The third kappa shape index (κ3) is 3.50. The molecule has 0 saturated heterocycles. The third-order valence-electron chi connectivity index (χ3n) is 8.13. The zero-order valence-electron chi connectivity index (χ0n) is 21.7. The highest BCUT2D eigenvalue weighted by Crippen LogP contribution is 2.53. The molecular weight excluding hydrogens is 526 g/mol. The minimum absolute atomic E-state index is 0.0516. The number of rotatable bonds is 3.